The third-order valence-electron chi connectivity index (χ3n) is 4.50. The molecule has 0 unspecified atom stereocenters. The molecular weight excluding hydrogens is 384 g/mol. The van der Waals surface area contributed by atoms with E-state index in [0.717, 1.165) is 11.1 Å². The monoisotopic (exact) mass is 406 g/mol. The molecule has 154 valence electrons. The van der Waals surface area contributed by atoms with Gasteiger partial charge in [-0.1, -0.05) is 60.7 Å². The van der Waals surface area contributed by atoms with Crippen LogP contribution < -0.4 is 9.47 Å². The summed E-state index contributed by atoms with van der Waals surface area (Å²) in [7, 11) is 1.35. The third kappa shape index (κ3) is 5.57. The molecule has 0 N–H and O–H groups in total. The highest BCUT2D eigenvalue weighted by Crippen LogP contribution is 2.30. The molecule has 0 spiro atoms. The first kappa shape index (κ1) is 20.9. The zero-order valence-electron chi connectivity index (χ0n) is 16.6. The SMILES string of the molecule is COc1cc(OCC(=O)N(Cc2ccccc2)Cc2ccccc2)ccc1[N+](=O)[O-]. The van der Waals surface area contributed by atoms with Gasteiger partial charge in [-0.05, 0) is 17.2 Å². The van der Waals surface area contributed by atoms with Gasteiger partial charge in [0.25, 0.3) is 5.91 Å². The maximum Gasteiger partial charge on any atom is 0.311 e. The number of amides is 1. The molecule has 0 aliphatic rings. The highest BCUT2D eigenvalue weighted by Gasteiger charge is 2.18. The average Bonchev–Trinajstić information content (AvgIpc) is 2.78. The van der Waals surface area contributed by atoms with Crippen molar-refractivity contribution in [3.05, 3.63) is 100 Å². The molecule has 30 heavy (non-hydrogen) atoms. The minimum absolute atomic E-state index is 0.0791. The lowest BCUT2D eigenvalue weighted by Gasteiger charge is -2.23. The van der Waals surface area contributed by atoms with Crippen LogP contribution in [0, 0.1) is 10.1 Å². The summed E-state index contributed by atoms with van der Waals surface area (Å²) in [6.07, 6.45) is 0. The van der Waals surface area contributed by atoms with Crippen molar-refractivity contribution in [2.24, 2.45) is 0 Å². The Morgan fingerprint density at radius 2 is 1.50 bits per heavy atom. The van der Waals surface area contributed by atoms with Gasteiger partial charge in [0.05, 0.1) is 12.0 Å². The number of nitro groups is 1. The molecule has 3 aromatic rings. The van der Waals surface area contributed by atoms with E-state index < -0.39 is 4.92 Å². The predicted octanol–water partition coefficient (Wildman–Crippen LogP) is 4.21. The lowest BCUT2D eigenvalue weighted by Crippen LogP contribution is -2.34. The molecule has 0 aliphatic heterocycles. The Balaban J connectivity index is 1.72. The van der Waals surface area contributed by atoms with Crippen molar-refractivity contribution in [1.82, 2.24) is 4.90 Å². The first-order chi connectivity index (χ1) is 14.6. The van der Waals surface area contributed by atoms with Gasteiger partial charge in [0, 0.05) is 25.2 Å². The van der Waals surface area contributed by atoms with Gasteiger partial charge in [-0.25, -0.2) is 0 Å². The number of carbonyl (C=O) groups excluding carboxylic acids is 1. The summed E-state index contributed by atoms with van der Waals surface area (Å²) in [6.45, 7) is 0.698. The van der Waals surface area contributed by atoms with E-state index in [2.05, 4.69) is 0 Å². The number of carbonyl (C=O) groups is 1. The lowest BCUT2D eigenvalue weighted by atomic mass is 10.1. The minimum Gasteiger partial charge on any atom is -0.490 e. The van der Waals surface area contributed by atoms with E-state index in [4.69, 9.17) is 9.47 Å². The second-order valence-corrected chi connectivity index (χ2v) is 6.60. The Hall–Kier alpha value is -3.87. The number of rotatable bonds is 9. The van der Waals surface area contributed by atoms with Crippen molar-refractivity contribution in [3.63, 3.8) is 0 Å². The Morgan fingerprint density at radius 3 is 2.00 bits per heavy atom. The number of methoxy groups -OCH3 is 1. The van der Waals surface area contributed by atoms with Crippen molar-refractivity contribution in [1.29, 1.82) is 0 Å². The number of nitro benzene ring substituents is 1. The Labute approximate surface area is 174 Å². The summed E-state index contributed by atoms with van der Waals surface area (Å²) < 4.78 is 10.7. The topological polar surface area (TPSA) is 81.9 Å². The zero-order valence-corrected chi connectivity index (χ0v) is 16.6. The normalized spacial score (nSPS) is 10.3. The zero-order chi connectivity index (χ0) is 21.3. The van der Waals surface area contributed by atoms with Crippen LogP contribution in [0.1, 0.15) is 11.1 Å². The maximum atomic E-state index is 12.9. The smallest absolute Gasteiger partial charge is 0.311 e. The van der Waals surface area contributed by atoms with Crippen LogP contribution in [-0.2, 0) is 17.9 Å². The highest BCUT2D eigenvalue weighted by molar-refractivity contribution is 5.77. The van der Waals surface area contributed by atoms with Crippen molar-refractivity contribution >= 4 is 11.6 Å². The summed E-state index contributed by atoms with van der Waals surface area (Å²) in [5.41, 5.74) is 1.86. The highest BCUT2D eigenvalue weighted by atomic mass is 16.6. The molecule has 0 fully saturated rings. The lowest BCUT2D eigenvalue weighted by molar-refractivity contribution is -0.385. The molecule has 0 radical (unpaired) electrons. The average molecular weight is 406 g/mol. The predicted molar refractivity (Wildman–Crippen MR) is 112 cm³/mol. The van der Waals surface area contributed by atoms with Gasteiger partial charge in [0.2, 0.25) is 5.75 Å². The number of nitrogens with zero attached hydrogens (tertiary/aromatic N) is 2. The van der Waals surface area contributed by atoms with Crippen LogP contribution in [0.2, 0.25) is 0 Å². The fraction of sp³-hybridized carbons (Fsp3) is 0.174. The van der Waals surface area contributed by atoms with Gasteiger partial charge < -0.3 is 14.4 Å². The van der Waals surface area contributed by atoms with E-state index in [9.17, 15) is 14.9 Å². The van der Waals surface area contributed by atoms with Gasteiger partial charge >= 0.3 is 5.69 Å². The molecule has 0 saturated carbocycles. The van der Waals surface area contributed by atoms with E-state index in [1.165, 1.54) is 25.3 Å². The van der Waals surface area contributed by atoms with Crippen LogP contribution in [0.25, 0.3) is 0 Å². The molecule has 1 amide bonds. The molecule has 0 aliphatic carbocycles. The van der Waals surface area contributed by atoms with Gasteiger partial charge in [-0.15, -0.1) is 0 Å². The van der Waals surface area contributed by atoms with E-state index in [1.54, 1.807) is 4.90 Å². The van der Waals surface area contributed by atoms with Crippen molar-refractivity contribution in [2.75, 3.05) is 13.7 Å². The summed E-state index contributed by atoms with van der Waals surface area (Å²) in [5, 5.41) is 11.0. The quantitative estimate of drug-likeness (QED) is 0.393. The first-order valence-electron chi connectivity index (χ1n) is 9.37. The Morgan fingerprint density at radius 1 is 0.933 bits per heavy atom. The van der Waals surface area contributed by atoms with Crippen LogP contribution in [0.3, 0.4) is 0 Å². The van der Waals surface area contributed by atoms with E-state index >= 15 is 0 Å². The number of hydrogen-bond donors (Lipinski definition) is 0. The molecular formula is C23H22N2O5. The van der Waals surface area contributed by atoms with Crippen molar-refractivity contribution < 1.29 is 19.2 Å². The molecule has 7 nitrogen and oxygen atoms in total. The second kappa shape index (κ2) is 10.1. The second-order valence-electron chi connectivity index (χ2n) is 6.60. The maximum absolute atomic E-state index is 12.9. The molecule has 3 aromatic carbocycles. The summed E-state index contributed by atoms with van der Waals surface area (Å²) in [5.74, 6) is 0.209. The van der Waals surface area contributed by atoms with E-state index in [1.807, 2.05) is 60.7 Å². The van der Waals surface area contributed by atoms with Gasteiger partial charge in [-0.2, -0.15) is 0 Å². The van der Waals surface area contributed by atoms with Gasteiger partial charge in [0.15, 0.2) is 6.61 Å². The van der Waals surface area contributed by atoms with Crippen molar-refractivity contribution in [2.45, 2.75) is 13.1 Å². The van der Waals surface area contributed by atoms with Gasteiger partial charge in [-0.3, -0.25) is 14.9 Å². The Bertz CT molecular complexity index is 951. The van der Waals surface area contributed by atoms with Gasteiger partial charge in [0.1, 0.15) is 5.75 Å². The van der Waals surface area contributed by atoms with Crippen LogP contribution in [0.15, 0.2) is 78.9 Å². The van der Waals surface area contributed by atoms with Crippen molar-refractivity contribution in [3.8, 4) is 11.5 Å². The van der Waals surface area contributed by atoms with Crippen LogP contribution >= 0.6 is 0 Å². The van der Waals surface area contributed by atoms with Crippen LogP contribution in [0.4, 0.5) is 5.69 Å². The van der Waals surface area contributed by atoms with E-state index in [0.29, 0.717) is 18.8 Å². The first-order valence-corrected chi connectivity index (χ1v) is 9.37. The number of ether oxygens (including phenoxy) is 2. The van der Waals surface area contributed by atoms with Crippen LogP contribution in [0.5, 0.6) is 11.5 Å². The summed E-state index contributed by atoms with van der Waals surface area (Å²) in [4.78, 5) is 25.1. The van der Waals surface area contributed by atoms with Crippen LogP contribution in [-0.4, -0.2) is 29.4 Å². The molecule has 0 saturated heterocycles. The fourth-order valence-electron chi connectivity index (χ4n) is 2.97. The molecule has 3 rings (SSSR count). The molecule has 0 atom stereocenters. The number of hydrogen-bond acceptors (Lipinski definition) is 5. The molecule has 0 aromatic heterocycles. The summed E-state index contributed by atoms with van der Waals surface area (Å²) in [6, 6.07) is 23.6. The number of benzene rings is 3. The Kier molecular flexibility index (Phi) is 7.00. The summed E-state index contributed by atoms with van der Waals surface area (Å²) >= 11 is 0. The minimum atomic E-state index is -0.533. The molecule has 0 bridgehead atoms. The standard InChI is InChI=1S/C23H22N2O5/c1-29-22-14-20(12-13-21(22)25(27)28)30-17-23(26)24(15-18-8-4-2-5-9-18)16-19-10-6-3-7-11-19/h2-14H,15-17H2,1H3. The molecule has 0 heterocycles. The molecule has 7 heteroatoms. The third-order valence-corrected chi connectivity index (χ3v) is 4.50. The fourth-order valence-corrected chi connectivity index (χ4v) is 2.97. The van der Waals surface area contributed by atoms with E-state index in [-0.39, 0.29) is 24.0 Å². The largest absolute Gasteiger partial charge is 0.490 e.